The molecule has 0 saturated heterocycles. The highest BCUT2D eigenvalue weighted by Gasteiger charge is 2.20. The number of amides is 2. The monoisotopic (exact) mass is 314 g/mol. The maximum Gasteiger partial charge on any atom is 0.316 e. The summed E-state index contributed by atoms with van der Waals surface area (Å²) < 4.78 is 5.31. The molecule has 0 radical (unpaired) electrons. The fourth-order valence-corrected chi connectivity index (χ4v) is 1.93. The van der Waals surface area contributed by atoms with Gasteiger partial charge < -0.3 is 20.1 Å². The minimum atomic E-state index is -0.746. The molecule has 120 valence electrons. The van der Waals surface area contributed by atoms with Crippen LogP contribution in [0.1, 0.15) is 6.92 Å². The summed E-state index contributed by atoms with van der Waals surface area (Å²) in [7, 11) is 1.49. The van der Waals surface area contributed by atoms with Crippen molar-refractivity contribution in [1.82, 2.24) is 0 Å². The van der Waals surface area contributed by atoms with Crippen molar-refractivity contribution in [3.8, 4) is 11.5 Å². The number of nitrogens with zero attached hydrogens (tertiary/aromatic N) is 1. The molecular formula is C17H18N2O4. The van der Waals surface area contributed by atoms with Crippen LogP contribution in [-0.4, -0.2) is 30.6 Å². The number of phenolic OH excluding ortho intramolecular Hbond substituents is 1. The number of nitrogens with one attached hydrogen (secondary N) is 1. The Hall–Kier alpha value is -3.02. The molecule has 0 spiro atoms. The van der Waals surface area contributed by atoms with E-state index in [0.29, 0.717) is 23.7 Å². The SMILES string of the molecule is CCOc1ccc(NC(=O)C(=O)N(C)c2ccc(O)cc2)cc1. The summed E-state index contributed by atoms with van der Waals surface area (Å²) in [6, 6.07) is 12.8. The number of anilines is 2. The number of hydrogen-bond donors (Lipinski definition) is 2. The topological polar surface area (TPSA) is 78.9 Å². The van der Waals surface area contributed by atoms with Crippen LogP contribution >= 0.6 is 0 Å². The lowest BCUT2D eigenvalue weighted by atomic mass is 10.2. The second-order valence-corrected chi connectivity index (χ2v) is 4.79. The molecule has 0 unspecified atom stereocenters. The number of carbonyl (C=O) groups excluding carboxylic acids is 2. The number of carbonyl (C=O) groups is 2. The molecule has 0 bridgehead atoms. The summed E-state index contributed by atoms with van der Waals surface area (Å²) in [4.78, 5) is 25.4. The van der Waals surface area contributed by atoms with Gasteiger partial charge in [0.2, 0.25) is 0 Å². The number of likely N-dealkylation sites (N-methyl/N-ethyl adjacent to an activating group) is 1. The van der Waals surface area contributed by atoms with E-state index in [0.717, 1.165) is 0 Å². The van der Waals surface area contributed by atoms with Crippen molar-refractivity contribution in [3.63, 3.8) is 0 Å². The second kappa shape index (κ2) is 7.31. The van der Waals surface area contributed by atoms with Crippen LogP contribution in [0.15, 0.2) is 48.5 Å². The van der Waals surface area contributed by atoms with Crippen LogP contribution < -0.4 is 15.0 Å². The first kappa shape index (κ1) is 16.4. The van der Waals surface area contributed by atoms with Crippen LogP contribution in [-0.2, 0) is 9.59 Å². The zero-order valence-electron chi connectivity index (χ0n) is 12.9. The second-order valence-electron chi connectivity index (χ2n) is 4.79. The Labute approximate surface area is 134 Å². The molecule has 6 nitrogen and oxygen atoms in total. The third-order valence-electron chi connectivity index (χ3n) is 3.16. The van der Waals surface area contributed by atoms with Crippen LogP contribution in [0, 0.1) is 0 Å². The van der Waals surface area contributed by atoms with E-state index in [-0.39, 0.29) is 5.75 Å². The van der Waals surface area contributed by atoms with Gasteiger partial charge in [0, 0.05) is 18.4 Å². The Balaban J connectivity index is 2.01. The van der Waals surface area contributed by atoms with Crippen molar-refractivity contribution < 1.29 is 19.4 Å². The van der Waals surface area contributed by atoms with Gasteiger partial charge in [0.25, 0.3) is 0 Å². The molecular weight excluding hydrogens is 296 g/mol. The maximum atomic E-state index is 12.1. The van der Waals surface area contributed by atoms with E-state index in [9.17, 15) is 14.7 Å². The summed E-state index contributed by atoms with van der Waals surface area (Å²) in [6.45, 7) is 2.44. The van der Waals surface area contributed by atoms with Crippen molar-refractivity contribution in [2.75, 3.05) is 23.9 Å². The summed E-state index contributed by atoms with van der Waals surface area (Å²) in [5, 5.41) is 11.8. The molecule has 2 rings (SSSR count). The quantitative estimate of drug-likeness (QED) is 0.849. The van der Waals surface area contributed by atoms with E-state index in [1.54, 1.807) is 36.4 Å². The zero-order chi connectivity index (χ0) is 16.8. The number of benzene rings is 2. The Morgan fingerprint density at radius 3 is 2.26 bits per heavy atom. The average molecular weight is 314 g/mol. The summed E-state index contributed by atoms with van der Waals surface area (Å²) in [5.41, 5.74) is 1.01. The molecule has 0 atom stereocenters. The van der Waals surface area contributed by atoms with Crippen LogP contribution in [0.3, 0.4) is 0 Å². The van der Waals surface area contributed by atoms with Crippen LogP contribution in [0.25, 0.3) is 0 Å². The number of rotatable bonds is 4. The predicted octanol–water partition coefficient (Wildman–Crippen LogP) is 2.39. The smallest absolute Gasteiger partial charge is 0.316 e. The molecule has 0 aromatic heterocycles. The van der Waals surface area contributed by atoms with Gasteiger partial charge in [0.1, 0.15) is 11.5 Å². The summed E-state index contributed by atoms with van der Waals surface area (Å²) in [6.07, 6.45) is 0. The first-order valence-corrected chi connectivity index (χ1v) is 7.12. The van der Waals surface area contributed by atoms with Crippen LogP contribution in [0.2, 0.25) is 0 Å². The molecule has 2 aromatic rings. The third kappa shape index (κ3) is 4.23. The first-order chi connectivity index (χ1) is 11.0. The van der Waals surface area contributed by atoms with Crippen molar-refractivity contribution in [2.45, 2.75) is 6.92 Å². The zero-order valence-corrected chi connectivity index (χ0v) is 12.9. The Kier molecular flexibility index (Phi) is 5.19. The Bertz CT molecular complexity index is 681. The molecule has 0 heterocycles. The first-order valence-electron chi connectivity index (χ1n) is 7.12. The van der Waals surface area contributed by atoms with Gasteiger partial charge in [-0.2, -0.15) is 0 Å². The highest BCUT2D eigenvalue weighted by atomic mass is 16.5. The summed E-state index contributed by atoms with van der Waals surface area (Å²) >= 11 is 0. The van der Waals surface area contributed by atoms with Crippen LogP contribution in [0.4, 0.5) is 11.4 Å². The fraction of sp³-hybridized carbons (Fsp3) is 0.176. The van der Waals surface area contributed by atoms with E-state index in [2.05, 4.69) is 5.32 Å². The van der Waals surface area contributed by atoms with Gasteiger partial charge in [-0.05, 0) is 55.5 Å². The van der Waals surface area contributed by atoms with Crippen molar-refractivity contribution in [1.29, 1.82) is 0 Å². The van der Waals surface area contributed by atoms with Gasteiger partial charge in [0.05, 0.1) is 6.61 Å². The molecule has 0 aliphatic heterocycles. The molecule has 0 saturated carbocycles. The largest absolute Gasteiger partial charge is 0.508 e. The molecule has 2 N–H and O–H groups in total. The predicted molar refractivity (Wildman–Crippen MR) is 87.8 cm³/mol. The van der Waals surface area contributed by atoms with E-state index in [1.807, 2.05) is 6.92 Å². The van der Waals surface area contributed by atoms with E-state index >= 15 is 0 Å². The standard InChI is InChI=1S/C17H18N2O4/c1-3-23-15-10-4-12(5-11-15)18-16(21)17(22)19(2)13-6-8-14(20)9-7-13/h4-11,20H,3H2,1-2H3,(H,18,21). The maximum absolute atomic E-state index is 12.1. The number of ether oxygens (including phenoxy) is 1. The van der Waals surface area contributed by atoms with Crippen molar-refractivity contribution in [2.24, 2.45) is 0 Å². The highest BCUT2D eigenvalue weighted by molar-refractivity contribution is 6.44. The van der Waals surface area contributed by atoms with Gasteiger partial charge in [-0.15, -0.1) is 0 Å². The van der Waals surface area contributed by atoms with Crippen molar-refractivity contribution >= 4 is 23.2 Å². The number of aromatic hydroxyl groups is 1. The lowest BCUT2D eigenvalue weighted by Gasteiger charge is -2.16. The lowest BCUT2D eigenvalue weighted by Crippen LogP contribution is -2.37. The minimum Gasteiger partial charge on any atom is -0.508 e. The molecule has 0 aliphatic carbocycles. The minimum absolute atomic E-state index is 0.0911. The normalized spacial score (nSPS) is 10.0. The van der Waals surface area contributed by atoms with Crippen molar-refractivity contribution in [3.05, 3.63) is 48.5 Å². The average Bonchev–Trinajstić information content (AvgIpc) is 2.56. The van der Waals surface area contributed by atoms with Gasteiger partial charge in [-0.1, -0.05) is 0 Å². The van der Waals surface area contributed by atoms with Gasteiger partial charge in [-0.3, -0.25) is 9.59 Å². The Morgan fingerprint density at radius 2 is 1.70 bits per heavy atom. The number of phenols is 1. The number of hydrogen-bond acceptors (Lipinski definition) is 4. The van der Waals surface area contributed by atoms with Gasteiger partial charge in [-0.25, -0.2) is 0 Å². The van der Waals surface area contributed by atoms with Gasteiger partial charge in [0.15, 0.2) is 0 Å². The van der Waals surface area contributed by atoms with E-state index < -0.39 is 11.8 Å². The fourth-order valence-electron chi connectivity index (χ4n) is 1.93. The molecule has 0 fully saturated rings. The van der Waals surface area contributed by atoms with E-state index in [4.69, 9.17) is 4.74 Å². The van der Waals surface area contributed by atoms with Gasteiger partial charge >= 0.3 is 11.8 Å². The third-order valence-corrected chi connectivity index (χ3v) is 3.16. The molecule has 6 heteroatoms. The Morgan fingerprint density at radius 1 is 1.09 bits per heavy atom. The molecule has 2 amide bonds. The van der Waals surface area contributed by atoms with E-state index in [1.165, 1.54) is 24.1 Å². The molecule has 2 aromatic carbocycles. The lowest BCUT2D eigenvalue weighted by molar-refractivity contribution is -0.134. The summed E-state index contributed by atoms with van der Waals surface area (Å²) in [5.74, 6) is -0.666. The molecule has 23 heavy (non-hydrogen) atoms. The highest BCUT2D eigenvalue weighted by Crippen LogP contribution is 2.18. The molecule has 0 aliphatic rings. The van der Waals surface area contributed by atoms with Crippen LogP contribution in [0.5, 0.6) is 11.5 Å².